The average Bonchev–Trinajstić information content (AvgIpc) is 3.06. The van der Waals surface area contributed by atoms with Crippen LogP contribution in [0.25, 0.3) is 0 Å². The molecule has 0 aliphatic rings. The van der Waals surface area contributed by atoms with Gasteiger partial charge in [0.05, 0.1) is 33.9 Å². The summed E-state index contributed by atoms with van der Waals surface area (Å²) in [5.41, 5.74) is 4.87. The molecule has 8 heteroatoms. The van der Waals surface area contributed by atoms with Crippen molar-refractivity contribution in [3.05, 3.63) is 109 Å². The van der Waals surface area contributed by atoms with Gasteiger partial charge in [-0.25, -0.2) is 0 Å². The maximum absolute atomic E-state index is 9.29. The van der Waals surface area contributed by atoms with E-state index in [2.05, 4.69) is 88.6 Å². The minimum Gasteiger partial charge on any atom is -0.354 e. The number of hydrogen-bond acceptors (Lipinski definition) is 4. The molecule has 6 nitrogen and oxygen atoms in total. The molecule has 226 valence electrons. The summed E-state index contributed by atoms with van der Waals surface area (Å²) in [5.74, 6) is 0. The van der Waals surface area contributed by atoms with E-state index in [0.29, 0.717) is 11.1 Å². The number of nitriles is 2. The molecule has 0 saturated carbocycles. The molecular weight excluding hydrogens is 676 g/mol. The van der Waals surface area contributed by atoms with Crippen molar-refractivity contribution in [2.45, 2.75) is 74.1 Å². The van der Waals surface area contributed by atoms with Crippen LogP contribution in [0.3, 0.4) is 0 Å². The molecule has 0 radical (unpaired) electrons. The minimum atomic E-state index is 0.283. The maximum atomic E-state index is 9.29. The predicted molar refractivity (Wildman–Crippen MR) is 184 cm³/mol. The van der Waals surface area contributed by atoms with E-state index in [4.69, 9.17) is 0 Å². The van der Waals surface area contributed by atoms with Crippen molar-refractivity contribution in [3.63, 3.8) is 0 Å². The second kappa shape index (κ2) is 18.2. The van der Waals surface area contributed by atoms with E-state index in [1.54, 1.807) is 0 Å². The van der Waals surface area contributed by atoms with Crippen LogP contribution >= 0.6 is 31.9 Å². The number of benzene rings is 2. The summed E-state index contributed by atoms with van der Waals surface area (Å²) in [4.78, 5) is 0.566. The number of unbranched alkanes of at least 4 members (excludes halogenated alkanes) is 7. The monoisotopic (exact) mass is 714 g/mol. The molecule has 4 rings (SSSR count). The van der Waals surface area contributed by atoms with Gasteiger partial charge >= 0.3 is 0 Å². The number of para-hydroxylation sites is 2. The molecule has 2 heterocycles. The fourth-order valence-corrected chi connectivity index (χ4v) is 6.28. The Balaban J connectivity index is 1.03. The van der Waals surface area contributed by atoms with Crippen LogP contribution in [0.4, 0.5) is 22.7 Å². The lowest BCUT2D eigenvalue weighted by atomic mass is 10.1. The fraction of sp³-hybridized carbons (Fsp3) is 0.333. The highest BCUT2D eigenvalue weighted by atomic mass is 79.9. The molecule has 2 N–H and O–H groups in total. The number of halogens is 2. The number of anilines is 4. The molecule has 44 heavy (non-hydrogen) atoms. The van der Waals surface area contributed by atoms with Gasteiger partial charge in [0.15, 0.2) is 24.8 Å². The SMILES string of the molecule is N#Cc1ccccc1Nc1cc[n+](C(Br)CCCCCCCCCCC(Br)[n+]2ccc(Nc3ccccc3C#N)cc2)cc1. The molecule has 0 aliphatic carbocycles. The van der Waals surface area contributed by atoms with Gasteiger partial charge in [0.2, 0.25) is 9.90 Å². The molecule has 2 aromatic heterocycles. The molecule has 0 bridgehead atoms. The zero-order valence-corrected chi connectivity index (χ0v) is 28.2. The summed E-state index contributed by atoms with van der Waals surface area (Å²) < 4.78 is 4.39. The van der Waals surface area contributed by atoms with E-state index >= 15 is 0 Å². The standard InChI is InChI=1S/C36H38Br2N6/c37-35(43-23-19-31(20-24-43)41-33-15-11-9-13-29(33)27-39)17-7-5-3-1-2-4-6-8-18-36(38)44-25-21-32(22-26-44)42-34-16-12-10-14-30(34)28-40/h9-16,19-26,35-36H,1-8,17-18H2/p+2. The first kappa shape index (κ1) is 33.2. The Morgan fingerprint density at radius 1 is 0.523 bits per heavy atom. The average molecular weight is 717 g/mol. The topological polar surface area (TPSA) is 79.4 Å². The lowest BCUT2D eigenvalue weighted by Crippen LogP contribution is -2.35. The molecule has 0 saturated heterocycles. The van der Waals surface area contributed by atoms with Gasteiger partial charge < -0.3 is 10.6 Å². The first-order chi connectivity index (χ1) is 21.6. The molecule has 2 aromatic carbocycles. The molecule has 0 spiro atoms. The van der Waals surface area contributed by atoms with Gasteiger partial charge in [0.25, 0.3) is 0 Å². The van der Waals surface area contributed by atoms with Gasteiger partial charge in [-0.1, -0.05) is 62.8 Å². The quantitative estimate of drug-likeness (QED) is 0.0648. The van der Waals surface area contributed by atoms with Crippen molar-refractivity contribution in [2.75, 3.05) is 10.6 Å². The lowest BCUT2D eigenvalue weighted by molar-refractivity contribution is -0.698. The van der Waals surface area contributed by atoms with E-state index in [0.717, 1.165) is 35.6 Å². The summed E-state index contributed by atoms with van der Waals surface area (Å²) in [6.45, 7) is 0. The van der Waals surface area contributed by atoms with E-state index in [1.807, 2.05) is 72.8 Å². The van der Waals surface area contributed by atoms with Gasteiger partial charge in [-0.2, -0.15) is 19.7 Å². The van der Waals surface area contributed by atoms with E-state index in [-0.39, 0.29) is 9.90 Å². The zero-order chi connectivity index (χ0) is 31.0. The number of pyridine rings is 2. The van der Waals surface area contributed by atoms with Crippen LogP contribution in [-0.4, -0.2) is 0 Å². The van der Waals surface area contributed by atoms with E-state index in [9.17, 15) is 10.5 Å². The lowest BCUT2D eigenvalue weighted by Gasteiger charge is -2.09. The summed E-state index contributed by atoms with van der Waals surface area (Å²) in [6.07, 6.45) is 20.7. The summed E-state index contributed by atoms with van der Waals surface area (Å²) in [7, 11) is 0. The van der Waals surface area contributed by atoms with Crippen molar-refractivity contribution >= 4 is 54.6 Å². The minimum absolute atomic E-state index is 0.283. The van der Waals surface area contributed by atoms with Crippen molar-refractivity contribution < 1.29 is 9.13 Å². The number of rotatable bonds is 17. The number of aromatic nitrogens is 2. The van der Waals surface area contributed by atoms with Gasteiger partial charge in [-0.05, 0) is 69.0 Å². The number of nitrogens with one attached hydrogen (secondary N) is 2. The number of alkyl halides is 2. The Hall–Kier alpha value is -3.72. The van der Waals surface area contributed by atoms with Gasteiger partial charge in [-0.15, -0.1) is 0 Å². The van der Waals surface area contributed by atoms with E-state index in [1.165, 1.54) is 51.4 Å². The summed E-state index contributed by atoms with van der Waals surface area (Å²) >= 11 is 7.68. The third kappa shape index (κ3) is 10.5. The molecule has 2 unspecified atom stereocenters. The largest absolute Gasteiger partial charge is 0.354 e. The zero-order valence-electron chi connectivity index (χ0n) is 25.0. The van der Waals surface area contributed by atoms with Gasteiger partial charge in [-0.3, -0.25) is 0 Å². The second-order valence-corrected chi connectivity index (χ2v) is 13.0. The highest BCUT2D eigenvalue weighted by Gasteiger charge is 2.15. The molecule has 2 atom stereocenters. The van der Waals surface area contributed by atoms with Crippen molar-refractivity contribution in [1.29, 1.82) is 10.5 Å². The molecule has 0 amide bonds. The Labute approximate surface area is 278 Å². The number of nitrogens with zero attached hydrogens (tertiary/aromatic N) is 4. The van der Waals surface area contributed by atoms with Crippen molar-refractivity contribution in [3.8, 4) is 12.1 Å². The fourth-order valence-electron chi connectivity index (χ4n) is 5.09. The van der Waals surface area contributed by atoms with Gasteiger partial charge in [0.1, 0.15) is 12.1 Å². The Bertz CT molecular complexity index is 1410. The molecule has 0 fully saturated rings. The maximum Gasteiger partial charge on any atom is 0.211 e. The van der Waals surface area contributed by atoms with Crippen LogP contribution < -0.4 is 19.8 Å². The highest BCUT2D eigenvalue weighted by molar-refractivity contribution is 9.09. The Morgan fingerprint density at radius 2 is 0.864 bits per heavy atom. The number of hydrogen-bond donors (Lipinski definition) is 2. The van der Waals surface area contributed by atoms with E-state index < -0.39 is 0 Å². The van der Waals surface area contributed by atoms with Crippen LogP contribution in [-0.2, 0) is 0 Å². The molecular formula is C36H40Br2N6+2. The normalized spacial score (nSPS) is 12.1. The molecule has 4 aromatic rings. The summed E-state index contributed by atoms with van der Waals surface area (Å²) in [6, 6.07) is 27.7. The first-order valence-corrected chi connectivity index (χ1v) is 17.2. The first-order valence-electron chi connectivity index (χ1n) is 15.4. The second-order valence-electron chi connectivity index (χ2n) is 10.9. The van der Waals surface area contributed by atoms with Crippen molar-refractivity contribution in [1.82, 2.24) is 0 Å². The third-order valence-corrected chi connectivity index (χ3v) is 9.50. The van der Waals surface area contributed by atoms with Crippen LogP contribution in [0.5, 0.6) is 0 Å². The van der Waals surface area contributed by atoms with Crippen LogP contribution in [0.15, 0.2) is 97.6 Å². The van der Waals surface area contributed by atoms with Crippen LogP contribution in [0.2, 0.25) is 0 Å². The smallest absolute Gasteiger partial charge is 0.211 e. The van der Waals surface area contributed by atoms with Crippen LogP contribution in [0, 0.1) is 22.7 Å². The highest BCUT2D eigenvalue weighted by Crippen LogP contribution is 2.23. The third-order valence-electron chi connectivity index (χ3n) is 7.64. The Kier molecular flexibility index (Phi) is 13.7. The predicted octanol–water partition coefficient (Wildman–Crippen LogP) is 9.88. The molecule has 0 aliphatic heterocycles. The van der Waals surface area contributed by atoms with Crippen LogP contribution in [0.1, 0.15) is 85.2 Å². The van der Waals surface area contributed by atoms with Gasteiger partial charge in [0, 0.05) is 37.1 Å². The van der Waals surface area contributed by atoms with Crippen molar-refractivity contribution in [2.24, 2.45) is 0 Å². The summed E-state index contributed by atoms with van der Waals surface area (Å²) in [5, 5.41) is 25.2. The Morgan fingerprint density at radius 3 is 1.23 bits per heavy atom.